The lowest BCUT2D eigenvalue weighted by molar-refractivity contribution is 0.210. The highest BCUT2D eigenvalue weighted by Crippen LogP contribution is 2.30. The zero-order valence-electron chi connectivity index (χ0n) is 14.9. The lowest BCUT2D eigenvalue weighted by Crippen LogP contribution is -2.46. The third kappa shape index (κ3) is 4.43. The Morgan fingerprint density at radius 2 is 2.00 bits per heavy atom. The second kappa shape index (κ2) is 8.21. The fraction of sp³-hybridized carbons (Fsp3) is 0.579. The van der Waals surface area contributed by atoms with Crippen molar-refractivity contribution in [1.82, 2.24) is 9.80 Å². The largest absolute Gasteiger partial charge is 0.367 e. The molecular formula is C19H27N5O. The molecule has 0 bridgehead atoms. The van der Waals surface area contributed by atoms with Gasteiger partial charge < -0.3 is 20.0 Å². The van der Waals surface area contributed by atoms with Crippen molar-refractivity contribution in [2.45, 2.75) is 32.2 Å². The number of piperazine rings is 1. The van der Waals surface area contributed by atoms with Crippen molar-refractivity contribution in [3.63, 3.8) is 0 Å². The number of rotatable bonds is 6. The second-order valence-electron chi connectivity index (χ2n) is 6.70. The van der Waals surface area contributed by atoms with Crippen molar-refractivity contribution in [2.24, 2.45) is 0 Å². The van der Waals surface area contributed by atoms with Crippen molar-refractivity contribution in [1.29, 1.82) is 5.26 Å². The number of para-hydroxylation sites is 2. The highest BCUT2D eigenvalue weighted by Gasteiger charge is 2.32. The van der Waals surface area contributed by atoms with Crippen LogP contribution in [0.4, 0.5) is 16.2 Å². The van der Waals surface area contributed by atoms with Crippen LogP contribution in [0.15, 0.2) is 24.3 Å². The Morgan fingerprint density at radius 3 is 2.64 bits per heavy atom. The van der Waals surface area contributed by atoms with Crippen LogP contribution in [0.2, 0.25) is 0 Å². The van der Waals surface area contributed by atoms with Gasteiger partial charge in [0.1, 0.15) is 0 Å². The maximum absolute atomic E-state index is 12.7. The van der Waals surface area contributed by atoms with E-state index >= 15 is 0 Å². The van der Waals surface area contributed by atoms with Crippen molar-refractivity contribution in [2.75, 3.05) is 49.5 Å². The lowest BCUT2D eigenvalue weighted by Gasteiger charge is -2.36. The molecule has 1 aromatic carbocycles. The number of nitrogens with one attached hydrogen (secondary N) is 1. The predicted molar refractivity (Wildman–Crippen MR) is 99.7 cm³/mol. The van der Waals surface area contributed by atoms with E-state index in [0.29, 0.717) is 19.0 Å². The SMILES string of the molecule is CCN1CCN(c2ccccc2NC(=O)N(CCC#N)C2CC2)CC1. The van der Waals surface area contributed by atoms with Gasteiger partial charge >= 0.3 is 6.03 Å². The van der Waals surface area contributed by atoms with Crippen LogP contribution >= 0.6 is 0 Å². The fourth-order valence-corrected chi connectivity index (χ4v) is 3.35. The summed E-state index contributed by atoms with van der Waals surface area (Å²) in [5.41, 5.74) is 1.95. The molecule has 0 atom stereocenters. The minimum Gasteiger partial charge on any atom is -0.367 e. The van der Waals surface area contributed by atoms with Gasteiger partial charge in [0.15, 0.2) is 0 Å². The number of benzene rings is 1. The van der Waals surface area contributed by atoms with Gasteiger partial charge in [-0.2, -0.15) is 5.26 Å². The van der Waals surface area contributed by atoms with Crippen LogP contribution < -0.4 is 10.2 Å². The summed E-state index contributed by atoms with van der Waals surface area (Å²) in [7, 11) is 0. The van der Waals surface area contributed by atoms with Gasteiger partial charge in [0.25, 0.3) is 0 Å². The number of nitrogens with zero attached hydrogens (tertiary/aromatic N) is 4. The monoisotopic (exact) mass is 341 g/mol. The second-order valence-corrected chi connectivity index (χ2v) is 6.70. The number of carbonyl (C=O) groups excluding carboxylic acids is 1. The molecule has 1 aliphatic carbocycles. The number of nitriles is 1. The highest BCUT2D eigenvalue weighted by atomic mass is 16.2. The molecular weight excluding hydrogens is 314 g/mol. The molecule has 1 N–H and O–H groups in total. The summed E-state index contributed by atoms with van der Waals surface area (Å²) in [6.45, 7) is 7.83. The van der Waals surface area contributed by atoms with E-state index in [4.69, 9.17) is 5.26 Å². The van der Waals surface area contributed by atoms with E-state index in [-0.39, 0.29) is 6.03 Å². The molecule has 2 amide bonds. The number of hydrogen-bond donors (Lipinski definition) is 1. The Morgan fingerprint density at radius 1 is 1.28 bits per heavy atom. The summed E-state index contributed by atoms with van der Waals surface area (Å²) in [5, 5.41) is 11.9. The number of urea groups is 1. The number of anilines is 2. The first-order valence-corrected chi connectivity index (χ1v) is 9.24. The van der Waals surface area contributed by atoms with Crippen LogP contribution in [-0.2, 0) is 0 Å². The number of hydrogen-bond acceptors (Lipinski definition) is 4. The first-order chi connectivity index (χ1) is 12.2. The molecule has 1 aliphatic heterocycles. The Bertz CT molecular complexity index is 629. The summed E-state index contributed by atoms with van der Waals surface area (Å²) < 4.78 is 0. The van der Waals surface area contributed by atoms with Crippen LogP contribution in [0.25, 0.3) is 0 Å². The van der Waals surface area contributed by atoms with E-state index in [1.807, 2.05) is 23.1 Å². The Labute approximate surface area is 150 Å². The van der Waals surface area contributed by atoms with E-state index in [9.17, 15) is 4.79 Å². The average Bonchev–Trinajstić information content (AvgIpc) is 3.48. The van der Waals surface area contributed by atoms with Crippen molar-refractivity contribution >= 4 is 17.4 Å². The number of carbonyl (C=O) groups is 1. The molecule has 2 aliphatic rings. The fourth-order valence-electron chi connectivity index (χ4n) is 3.35. The predicted octanol–water partition coefficient (Wildman–Crippen LogP) is 2.74. The van der Waals surface area contributed by atoms with Gasteiger partial charge in [0.05, 0.1) is 23.9 Å². The number of likely N-dealkylation sites (N-methyl/N-ethyl adjacent to an activating group) is 1. The van der Waals surface area contributed by atoms with Gasteiger partial charge in [-0.1, -0.05) is 19.1 Å². The van der Waals surface area contributed by atoms with Crippen LogP contribution in [0.1, 0.15) is 26.2 Å². The van der Waals surface area contributed by atoms with Gasteiger partial charge in [-0.25, -0.2) is 4.79 Å². The molecule has 6 heteroatoms. The van der Waals surface area contributed by atoms with E-state index in [0.717, 1.165) is 56.9 Å². The van der Waals surface area contributed by atoms with Crippen LogP contribution in [0.3, 0.4) is 0 Å². The smallest absolute Gasteiger partial charge is 0.322 e. The minimum atomic E-state index is -0.0857. The Kier molecular flexibility index (Phi) is 5.77. The Balaban J connectivity index is 1.68. The molecule has 2 fully saturated rings. The standard InChI is InChI=1S/C19H27N5O/c1-2-22-12-14-23(15-13-22)18-7-4-3-6-17(18)21-19(25)24(11-5-10-20)16-8-9-16/h3-4,6-7,16H,2,5,8-9,11-15H2,1H3,(H,21,25). The lowest BCUT2D eigenvalue weighted by atomic mass is 10.2. The molecule has 0 aromatic heterocycles. The van der Waals surface area contributed by atoms with Crippen molar-refractivity contribution in [3.05, 3.63) is 24.3 Å². The van der Waals surface area contributed by atoms with E-state index in [1.165, 1.54) is 0 Å². The zero-order chi connectivity index (χ0) is 17.6. The number of amides is 2. The van der Waals surface area contributed by atoms with Crippen LogP contribution in [-0.4, -0.2) is 61.1 Å². The van der Waals surface area contributed by atoms with Gasteiger partial charge in [-0.3, -0.25) is 0 Å². The first-order valence-electron chi connectivity index (χ1n) is 9.24. The van der Waals surface area contributed by atoms with Crippen LogP contribution in [0, 0.1) is 11.3 Å². The molecule has 0 unspecified atom stereocenters. The quantitative estimate of drug-likeness (QED) is 0.864. The summed E-state index contributed by atoms with van der Waals surface area (Å²) in [5.74, 6) is 0. The maximum Gasteiger partial charge on any atom is 0.322 e. The summed E-state index contributed by atoms with van der Waals surface area (Å²) in [6, 6.07) is 10.4. The Hall–Kier alpha value is -2.26. The van der Waals surface area contributed by atoms with Crippen LogP contribution in [0.5, 0.6) is 0 Å². The minimum absolute atomic E-state index is 0.0857. The first kappa shape index (κ1) is 17.6. The molecule has 134 valence electrons. The summed E-state index contributed by atoms with van der Waals surface area (Å²) in [4.78, 5) is 19.3. The molecule has 3 rings (SSSR count). The van der Waals surface area contributed by atoms with E-state index < -0.39 is 0 Å². The van der Waals surface area contributed by atoms with Crippen molar-refractivity contribution in [3.8, 4) is 6.07 Å². The average molecular weight is 341 g/mol. The topological polar surface area (TPSA) is 62.6 Å². The maximum atomic E-state index is 12.7. The normalized spacial score (nSPS) is 17.8. The molecule has 25 heavy (non-hydrogen) atoms. The molecule has 1 heterocycles. The van der Waals surface area contributed by atoms with E-state index in [2.05, 4.69) is 34.2 Å². The van der Waals surface area contributed by atoms with E-state index in [1.54, 1.807) is 0 Å². The molecule has 1 saturated heterocycles. The molecule has 0 spiro atoms. The van der Waals surface area contributed by atoms with Crippen molar-refractivity contribution < 1.29 is 4.79 Å². The van der Waals surface area contributed by atoms with Gasteiger partial charge in [-0.15, -0.1) is 0 Å². The third-order valence-electron chi connectivity index (χ3n) is 5.02. The molecule has 1 aromatic rings. The molecule has 1 saturated carbocycles. The molecule has 0 radical (unpaired) electrons. The van der Waals surface area contributed by atoms with Gasteiger partial charge in [0.2, 0.25) is 0 Å². The summed E-state index contributed by atoms with van der Waals surface area (Å²) >= 11 is 0. The van der Waals surface area contributed by atoms with Gasteiger partial charge in [0, 0.05) is 38.8 Å². The third-order valence-corrected chi connectivity index (χ3v) is 5.02. The molecule has 6 nitrogen and oxygen atoms in total. The zero-order valence-corrected chi connectivity index (χ0v) is 14.9. The summed E-state index contributed by atoms with van der Waals surface area (Å²) in [6.07, 6.45) is 2.46. The highest BCUT2D eigenvalue weighted by molar-refractivity contribution is 5.93. The van der Waals surface area contributed by atoms with Gasteiger partial charge in [-0.05, 0) is 31.5 Å².